The second-order valence-electron chi connectivity index (χ2n) is 7.36. The van der Waals surface area contributed by atoms with E-state index in [1.807, 2.05) is 33.8 Å². The standard InChI is InChI=1S/C21H28N2O5S/c1-6-9-22-19(24)13-28-21(25)18-7-10-23(11-8-18)29(26,27)20-16(4)14(2)12-15(3)17(20)5/h1,12,18H,7-11,13H2,2-5H3,(H,22,24). The Morgan fingerprint density at radius 3 is 2.24 bits per heavy atom. The number of carbonyl (C=O) groups is 2. The Kier molecular flexibility index (Phi) is 7.44. The average Bonchev–Trinajstić information content (AvgIpc) is 2.69. The Hall–Kier alpha value is -2.37. The molecular formula is C21H28N2O5S. The van der Waals surface area contributed by atoms with E-state index in [1.54, 1.807) is 0 Å². The third-order valence-electron chi connectivity index (χ3n) is 5.42. The molecule has 0 aliphatic carbocycles. The van der Waals surface area contributed by atoms with E-state index in [2.05, 4.69) is 11.2 Å². The predicted molar refractivity (Wildman–Crippen MR) is 110 cm³/mol. The molecule has 1 saturated heterocycles. The average molecular weight is 421 g/mol. The number of esters is 1. The second-order valence-corrected chi connectivity index (χ2v) is 9.23. The lowest BCUT2D eigenvalue weighted by Gasteiger charge is -2.31. The molecule has 1 aliphatic heterocycles. The number of rotatable bonds is 6. The van der Waals surface area contributed by atoms with Crippen LogP contribution in [0.4, 0.5) is 0 Å². The molecule has 0 bridgehead atoms. The van der Waals surface area contributed by atoms with Gasteiger partial charge in [0.25, 0.3) is 5.91 Å². The Morgan fingerprint density at radius 2 is 1.72 bits per heavy atom. The lowest BCUT2D eigenvalue weighted by molar-refractivity contribution is -0.153. The fraction of sp³-hybridized carbons (Fsp3) is 0.524. The van der Waals surface area contributed by atoms with E-state index >= 15 is 0 Å². The first kappa shape index (κ1) is 22.9. The van der Waals surface area contributed by atoms with Gasteiger partial charge in [0.05, 0.1) is 17.4 Å². The topological polar surface area (TPSA) is 92.8 Å². The van der Waals surface area contributed by atoms with Crippen molar-refractivity contribution in [2.75, 3.05) is 26.2 Å². The van der Waals surface area contributed by atoms with Crippen LogP contribution in [0.1, 0.15) is 35.1 Å². The van der Waals surface area contributed by atoms with Crippen LogP contribution < -0.4 is 5.32 Å². The molecule has 1 fully saturated rings. The number of aryl methyl sites for hydroxylation is 2. The molecule has 0 atom stereocenters. The molecule has 1 aromatic carbocycles. The minimum absolute atomic E-state index is 0.0733. The Balaban J connectivity index is 2.03. The van der Waals surface area contributed by atoms with Crippen molar-refractivity contribution in [1.82, 2.24) is 9.62 Å². The molecule has 1 aromatic rings. The smallest absolute Gasteiger partial charge is 0.309 e. The number of piperidine rings is 1. The Morgan fingerprint density at radius 1 is 1.17 bits per heavy atom. The van der Waals surface area contributed by atoms with E-state index in [0.29, 0.717) is 17.7 Å². The first-order chi connectivity index (χ1) is 13.6. The van der Waals surface area contributed by atoms with Gasteiger partial charge in [-0.05, 0) is 62.8 Å². The zero-order valence-corrected chi connectivity index (χ0v) is 18.2. The summed E-state index contributed by atoms with van der Waals surface area (Å²) in [5, 5.41) is 2.42. The molecule has 1 amide bonds. The molecule has 7 nitrogen and oxygen atoms in total. The number of terminal acetylenes is 1. The van der Waals surface area contributed by atoms with Gasteiger partial charge >= 0.3 is 5.97 Å². The minimum atomic E-state index is -3.66. The van der Waals surface area contributed by atoms with Crippen molar-refractivity contribution < 1.29 is 22.7 Å². The molecule has 0 aromatic heterocycles. The number of carbonyl (C=O) groups excluding carboxylic acids is 2. The van der Waals surface area contributed by atoms with E-state index < -0.39 is 27.8 Å². The van der Waals surface area contributed by atoms with E-state index in [-0.39, 0.29) is 26.2 Å². The first-order valence-electron chi connectivity index (χ1n) is 9.54. The van der Waals surface area contributed by atoms with Gasteiger partial charge in [-0.25, -0.2) is 8.42 Å². The molecule has 1 N–H and O–H groups in total. The largest absolute Gasteiger partial charge is 0.455 e. The molecule has 8 heteroatoms. The van der Waals surface area contributed by atoms with Crippen LogP contribution in [0.5, 0.6) is 0 Å². The lowest BCUT2D eigenvalue weighted by Crippen LogP contribution is -2.41. The summed E-state index contributed by atoms with van der Waals surface area (Å²) in [5.41, 5.74) is 3.39. The monoisotopic (exact) mass is 420 g/mol. The van der Waals surface area contributed by atoms with Crippen molar-refractivity contribution in [3.05, 3.63) is 28.3 Å². The molecule has 29 heavy (non-hydrogen) atoms. The maximum atomic E-state index is 13.3. The molecule has 0 spiro atoms. The van der Waals surface area contributed by atoms with Crippen LogP contribution >= 0.6 is 0 Å². The molecular weight excluding hydrogens is 392 g/mol. The highest BCUT2D eigenvalue weighted by atomic mass is 32.2. The van der Waals surface area contributed by atoms with E-state index in [1.165, 1.54) is 4.31 Å². The Bertz CT molecular complexity index is 913. The van der Waals surface area contributed by atoms with Crippen molar-refractivity contribution in [3.63, 3.8) is 0 Å². The summed E-state index contributed by atoms with van der Waals surface area (Å²) in [4.78, 5) is 24.0. The van der Waals surface area contributed by atoms with Crippen molar-refractivity contribution in [3.8, 4) is 12.3 Å². The third kappa shape index (κ3) is 5.17. The molecule has 0 unspecified atom stereocenters. The highest BCUT2D eigenvalue weighted by molar-refractivity contribution is 7.89. The van der Waals surface area contributed by atoms with Gasteiger partial charge in [0.15, 0.2) is 6.61 Å². The van der Waals surface area contributed by atoms with E-state index in [9.17, 15) is 18.0 Å². The lowest BCUT2D eigenvalue weighted by atomic mass is 9.98. The normalized spacial score (nSPS) is 15.6. The molecule has 2 rings (SSSR count). The summed E-state index contributed by atoms with van der Waals surface area (Å²) >= 11 is 0. The zero-order valence-electron chi connectivity index (χ0n) is 17.4. The number of sulfonamides is 1. The second kappa shape index (κ2) is 9.42. The zero-order chi connectivity index (χ0) is 21.8. The van der Waals surface area contributed by atoms with Crippen LogP contribution in [0.3, 0.4) is 0 Å². The summed E-state index contributed by atoms with van der Waals surface area (Å²) < 4.78 is 33.0. The number of nitrogens with one attached hydrogen (secondary N) is 1. The summed E-state index contributed by atoms with van der Waals surface area (Å²) in [6.07, 6.45) is 5.76. The quantitative estimate of drug-likeness (QED) is 0.558. The minimum Gasteiger partial charge on any atom is -0.455 e. The van der Waals surface area contributed by atoms with Gasteiger partial charge in [-0.3, -0.25) is 9.59 Å². The highest BCUT2D eigenvalue weighted by Crippen LogP contribution is 2.31. The van der Waals surface area contributed by atoms with Gasteiger partial charge in [-0.2, -0.15) is 4.31 Å². The molecule has 1 heterocycles. The van der Waals surface area contributed by atoms with Crippen molar-refractivity contribution in [1.29, 1.82) is 0 Å². The summed E-state index contributed by atoms with van der Waals surface area (Å²) in [7, 11) is -3.66. The van der Waals surface area contributed by atoms with E-state index in [0.717, 1.165) is 22.3 Å². The number of ether oxygens (including phenoxy) is 1. The summed E-state index contributed by atoms with van der Waals surface area (Å²) in [6.45, 7) is 7.61. The Labute approximate surface area is 172 Å². The van der Waals surface area contributed by atoms with Gasteiger partial charge < -0.3 is 10.1 Å². The molecule has 0 radical (unpaired) electrons. The van der Waals surface area contributed by atoms with Crippen LogP contribution in [0.15, 0.2) is 11.0 Å². The van der Waals surface area contributed by atoms with Gasteiger partial charge in [-0.1, -0.05) is 12.0 Å². The van der Waals surface area contributed by atoms with Crippen molar-refractivity contribution in [2.24, 2.45) is 5.92 Å². The maximum Gasteiger partial charge on any atom is 0.309 e. The fourth-order valence-electron chi connectivity index (χ4n) is 3.48. The molecule has 158 valence electrons. The predicted octanol–water partition coefficient (Wildman–Crippen LogP) is 1.61. The number of benzene rings is 1. The van der Waals surface area contributed by atoms with E-state index in [4.69, 9.17) is 11.2 Å². The van der Waals surface area contributed by atoms with Crippen LogP contribution in [0.2, 0.25) is 0 Å². The van der Waals surface area contributed by atoms with Crippen LogP contribution in [-0.4, -0.2) is 50.8 Å². The first-order valence-corrected chi connectivity index (χ1v) is 11.0. The number of amides is 1. The van der Waals surface area contributed by atoms with Crippen LogP contribution in [-0.2, 0) is 24.3 Å². The third-order valence-corrected chi connectivity index (χ3v) is 7.59. The SMILES string of the molecule is C#CCNC(=O)COC(=O)C1CCN(S(=O)(=O)c2c(C)c(C)cc(C)c2C)CC1. The molecule has 1 aliphatic rings. The van der Waals surface area contributed by atoms with Crippen LogP contribution in [0.25, 0.3) is 0 Å². The highest BCUT2D eigenvalue weighted by Gasteiger charge is 2.35. The fourth-order valence-corrected chi connectivity index (χ4v) is 5.53. The maximum absolute atomic E-state index is 13.3. The number of hydrogen-bond acceptors (Lipinski definition) is 5. The van der Waals surface area contributed by atoms with Crippen molar-refractivity contribution in [2.45, 2.75) is 45.4 Å². The van der Waals surface area contributed by atoms with Gasteiger partial charge in [0.2, 0.25) is 10.0 Å². The van der Waals surface area contributed by atoms with Gasteiger partial charge in [0.1, 0.15) is 0 Å². The van der Waals surface area contributed by atoms with Crippen LogP contribution in [0, 0.1) is 46.0 Å². The van der Waals surface area contributed by atoms with Gasteiger partial charge in [-0.15, -0.1) is 6.42 Å². The summed E-state index contributed by atoms with van der Waals surface area (Å²) in [6, 6.07) is 1.99. The number of hydrogen-bond donors (Lipinski definition) is 1. The van der Waals surface area contributed by atoms with Crippen molar-refractivity contribution >= 4 is 21.9 Å². The van der Waals surface area contributed by atoms with Gasteiger partial charge in [0, 0.05) is 13.1 Å². The molecule has 0 saturated carbocycles. The summed E-state index contributed by atoms with van der Waals surface area (Å²) in [5.74, 6) is 0.884. The number of nitrogens with zero attached hydrogens (tertiary/aromatic N) is 1.